The number of carbonyl (C=O) groups is 2. The number of amides is 2. The van der Waals surface area contributed by atoms with Gasteiger partial charge in [-0.3, -0.25) is 14.5 Å². The lowest BCUT2D eigenvalue weighted by atomic mass is 10.0. The fourth-order valence-electron chi connectivity index (χ4n) is 4.56. The molecule has 3 heterocycles. The smallest absolute Gasteiger partial charge is 0.270 e. The van der Waals surface area contributed by atoms with Crippen LogP contribution in [0.2, 0.25) is 0 Å². The molecule has 6 nitrogen and oxygen atoms in total. The summed E-state index contributed by atoms with van der Waals surface area (Å²) in [4.78, 5) is 33.3. The summed E-state index contributed by atoms with van der Waals surface area (Å²) in [7, 11) is 0. The molecule has 2 saturated heterocycles. The minimum absolute atomic E-state index is 0.0809. The summed E-state index contributed by atoms with van der Waals surface area (Å²) in [6.45, 7) is 15.0. The molecule has 2 aliphatic rings. The quantitative estimate of drug-likeness (QED) is 0.737. The van der Waals surface area contributed by atoms with E-state index >= 15 is 0 Å². The van der Waals surface area contributed by atoms with Crippen LogP contribution < -0.4 is 5.32 Å². The molecule has 1 aromatic heterocycles. The van der Waals surface area contributed by atoms with Crippen molar-refractivity contribution in [1.29, 1.82) is 0 Å². The molecule has 2 aliphatic heterocycles. The van der Waals surface area contributed by atoms with Crippen molar-refractivity contribution < 1.29 is 9.59 Å². The van der Waals surface area contributed by atoms with Crippen LogP contribution in [0.4, 0.5) is 0 Å². The molecule has 6 heteroatoms. The second-order valence-electron chi connectivity index (χ2n) is 9.99. The van der Waals surface area contributed by atoms with Crippen molar-refractivity contribution >= 4 is 11.8 Å². The van der Waals surface area contributed by atoms with Gasteiger partial charge in [-0.2, -0.15) is 0 Å². The first-order valence-electron chi connectivity index (χ1n) is 11.2. The van der Waals surface area contributed by atoms with Crippen molar-refractivity contribution in [3.05, 3.63) is 23.5 Å². The molecule has 1 unspecified atom stereocenters. The maximum absolute atomic E-state index is 13.1. The number of rotatable bonds is 7. The number of nitrogens with one attached hydrogen (secondary N) is 2. The Hall–Kier alpha value is -1.82. The second kappa shape index (κ2) is 8.50. The average Bonchev–Trinajstić information content (AvgIpc) is 3.35. The van der Waals surface area contributed by atoms with Crippen LogP contribution in [-0.4, -0.2) is 63.9 Å². The zero-order chi connectivity index (χ0) is 21.3. The number of aromatic amines is 1. The van der Waals surface area contributed by atoms with Gasteiger partial charge < -0.3 is 15.2 Å². The highest BCUT2D eigenvalue weighted by molar-refractivity contribution is 5.93. The average molecular weight is 403 g/mol. The lowest BCUT2D eigenvalue weighted by molar-refractivity contribution is -0.127. The molecule has 3 atom stereocenters. The van der Waals surface area contributed by atoms with E-state index in [0.29, 0.717) is 17.5 Å². The molecule has 0 bridgehead atoms. The van der Waals surface area contributed by atoms with E-state index in [4.69, 9.17) is 0 Å². The third kappa shape index (κ3) is 4.85. The van der Waals surface area contributed by atoms with Gasteiger partial charge in [-0.05, 0) is 63.5 Å². The number of likely N-dealkylation sites (tertiary alicyclic amines) is 2. The Balaban J connectivity index is 1.62. The minimum Gasteiger partial charge on any atom is -0.357 e. The predicted octanol–water partition coefficient (Wildman–Crippen LogP) is 3.05. The molecule has 0 spiro atoms. The molecule has 29 heavy (non-hydrogen) atoms. The van der Waals surface area contributed by atoms with E-state index in [1.165, 1.54) is 5.56 Å². The zero-order valence-electron chi connectivity index (χ0n) is 18.9. The van der Waals surface area contributed by atoms with Crippen LogP contribution in [0, 0.1) is 11.8 Å². The third-order valence-corrected chi connectivity index (χ3v) is 6.73. The van der Waals surface area contributed by atoms with Crippen LogP contribution in [-0.2, 0) is 11.2 Å². The molecular weight excluding hydrogens is 364 g/mol. The Labute approximate surface area is 175 Å². The topological polar surface area (TPSA) is 68.4 Å². The van der Waals surface area contributed by atoms with Gasteiger partial charge in [0.2, 0.25) is 5.91 Å². The number of aromatic nitrogens is 1. The Bertz CT molecular complexity index is 739. The summed E-state index contributed by atoms with van der Waals surface area (Å²) in [6, 6.07) is 2.03. The van der Waals surface area contributed by atoms with Crippen molar-refractivity contribution in [3.63, 3.8) is 0 Å². The Morgan fingerprint density at radius 1 is 1.28 bits per heavy atom. The Kier molecular flexibility index (Phi) is 6.42. The highest BCUT2D eigenvalue weighted by Gasteiger charge is 2.45. The van der Waals surface area contributed by atoms with Gasteiger partial charge in [0.15, 0.2) is 0 Å². The van der Waals surface area contributed by atoms with E-state index in [-0.39, 0.29) is 29.4 Å². The summed E-state index contributed by atoms with van der Waals surface area (Å²) in [5.41, 5.74) is 1.69. The highest BCUT2D eigenvalue weighted by Crippen LogP contribution is 2.33. The maximum atomic E-state index is 13.1. The largest absolute Gasteiger partial charge is 0.357 e. The number of carbonyl (C=O) groups excluding carboxylic acids is 2. The van der Waals surface area contributed by atoms with Crippen LogP contribution >= 0.6 is 0 Å². The second-order valence-corrected chi connectivity index (χ2v) is 9.99. The summed E-state index contributed by atoms with van der Waals surface area (Å²) >= 11 is 0. The van der Waals surface area contributed by atoms with Gasteiger partial charge in [0.05, 0.1) is 6.04 Å². The van der Waals surface area contributed by atoms with E-state index in [2.05, 4.69) is 49.8 Å². The molecule has 0 radical (unpaired) electrons. The van der Waals surface area contributed by atoms with Crippen molar-refractivity contribution in [2.75, 3.05) is 19.6 Å². The fraction of sp³-hybridized carbons (Fsp3) is 0.739. The van der Waals surface area contributed by atoms with Crippen LogP contribution in [0.1, 0.15) is 70.4 Å². The van der Waals surface area contributed by atoms with Crippen molar-refractivity contribution in [3.8, 4) is 0 Å². The van der Waals surface area contributed by atoms with Gasteiger partial charge in [-0.15, -0.1) is 0 Å². The van der Waals surface area contributed by atoms with Gasteiger partial charge in [0.1, 0.15) is 5.69 Å². The molecule has 2 amide bonds. The van der Waals surface area contributed by atoms with Crippen LogP contribution in [0.3, 0.4) is 0 Å². The molecule has 1 aromatic rings. The molecule has 3 rings (SSSR count). The number of hydrogen-bond donors (Lipinski definition) is 2. The van der Waals surface area contributed by atoms with E-state index in [0.717, 1.165) is 38.9 Å². The van der Waals surface area contributed by atoms with Crippen molar-refractivity contribution in [2.24, 2.45) is 11.8 Å². The van der Waals surface area contributed by atoms with Crippen molar-refractivity contribution in [1.82, 2.24) is 20.1 Å². The molecule has 162 valence electrons. The summed E-state index contributed by atoms with van der Waals surface area (Å²) in [6.07, 6.45) is 4.85. The Morgan fingerprint density at radius 3 is 2.66 bits per heavy atom. The van der Waals surface area contributed by atoms with Gasteiger partial charge in [0.25, 0.3) is 5.91 Å². The number of H-pyrrole nitrogens is 1. The van der Waals surface area contributed by atoms with Gasteiger partial charge >= 0.3 is 0 Å². The highest BCUT2D eigenvalue weighted by atomic mass is 16.2. The van der Waals surface area contributed by atoms with Crippen LogP contribution in [0.5, 0.6) is 0 Å². The first-order chi connectivity index (χ1) is 13.6. The molecule has 2 fully saturated rings. The molecule has 0 aliphatic carbocycles. The van der Waals surface area contributed by atoms with Gasteiger partial charge in [-0.25, -0.2) is 0 Å². The third-order valence-electron chi connectivity index (χ3n) is 6.73. The minimum atomic E-state index is -0.190. The molecule has 0 aromatic carbocycles. The fourth-order valence-corrected chi connectivity index (χ4v) is 4.56. The van der Waals surface area contributed by atoms with Crippen molar-refractivity contribution in [2.45, 2.75) is 78.4 Å². The summed E-state index contributed by atoms with van der Waals surface area (Å²) in [5, 5.41) is 3.16. The number of nitrogens with zero attached hydrogens (tertiary/aromatic N) is 2. The summed E-state index contributed by atoms with van der Waals surface area (Å²) in [5.74, 6) is 1.20. The van der Waals surface area contributed by atoms with Crippen LogP contribution in [0.15, 0.2) is 12.3 Å². The Morgan fingerprint density at radius 2 is 2.00 bits per heavy atom. The lowest BCUT2D eigenvalue weighted by Crippen LogP contribution is -2.52. The first-order valence-corrected chi connectivity index (χ1v) is 11.2. The predicted molar refractivity (Wildman–Crippen MR) is 116 cm³/mol. The van der Waals surface area contributed by atoms with Gasteiger partial charge in [-0.1, -0.05) is 20.8 Å². The maximum Gasteiger partial charge on any atom is 0.270 e. The zero-order valence-corrected chi connectivity index (χ0v) is 18.9. The van der Waals surface area contributed by atoms with E-state index in [1.54, 1.807) is 0 Å². The van der Waals surface area contributed by atoms with E-state index in [1.807, 2.05) is 24.1 Å². The number of fused-ring (bicyclic) bond motifs is 1. The first kappa shape index (κ1) is 21.9. The monoisotopic (exact) mass is 402 g/mol. The molecule has 0 saturated carbocycles. The number of hydrogen-bond acceptors (Lipinski definition) is 3. The molecule has 2 N–H and O–H groups in total. The standard InChI is InChI=1S/C23H38N4O2/c1-7-23(5,6)25-21(28)16(4)26-13-18-8-9-27(20(18)14-26)22(29)19-11-17(12-24-19)10-15(2)3/h11-12,15-16,18,20,24H,7-10,13-14H2,1-6H3,(H,25,28)/t16?,18-,20+/m0/s1. The van der Waals surface area contributed by atoms with E-state index < -0.39 is 0 Å². The van der Waals surface area contributed by atoms with Gasteiger partial charge in [0, 0.05) is 37.4 Å². The molecular formula is C23H38N4O2. The summed E-state index contributed by atoms with van der Waals surface area (Å²) < 4.78 is 0. The normalized spacial score (nSPS) is 23.5. The SMILES string of the molecule is CCC(C)(C)NC(=O)C(C)N1C[C@@H]2CCN(C(=O)c3cc(CC(C)C)c[nH]3)[C@@H]2C1. The van der Waals surface area contributed by atoms with Crippen LogP contribution in [0.25, 0.3) is 0 Å². The lowest BCUT2D eigenvalue weighted by Gasteiger charge is -2.31. The van der Waals surface area contributed by atoms with E-state index in [9.17, 15) is 9.59 Å².